The fraction of sp³-hybridized carbons (Fsp3) is 0. The minimum atomic E-state index is -0.565. The summed E-state index contributed by atoms with van der Waals surface area (Å²) in [7, 11) is 0. The normalized spacial score (nSPS) is 9.31. The molecule has 5 heteroatoms. The van der Waals surface area contributed by atoms with E-state index in [4.69, 9.17) is 11.0 Å². The maximum atomic E-state index is 10.9. The van der Waals surface area contributed by atoms with E-state index in [1.54, 1.807) is 12.1 Å². The molecule has 0 aromatic heterocycles. The summed E-state index contributed by atoms with van der Waals surface area (Å²) in [5.41, 5.74) is 5.78. The Kier molecular flexibility index (Phi) is 3.07. The summed E-state index contributed by atoms with van der Waals surface area (Å²) in [5, 5.41) is 8.70. The maximum absolute atomic E-state index is 10.9. The number of hydrogen-bond acceptors (Lipinski definition) is 2. The van der Waals surface area contributed by atoms with E-state index in [-0.39, 0.29) is 0 Å². The van der Waals surface area contributed by atoms with Crippen molar-refractivity contribution in [3.63, 3.8) is 0 Å². The van der Waals surface area contributed by atoms with Crippen LogP contribution in [0.15, 0.2) is 21.1 Å². The first-order valence-corrected chi connectivity index (χ1v) is 4.84. The van der Waals surface area contributed by atoms with Crippen LogP contribution in [0.3, 0.4) is 0 Å². The minimum absolute atomic E-state index is 0.297. The molecule has 1 aromatic rings. The van der Waals surface area contributed by atoms with Crippen molar-refractivity contribution in [3.05, 3.63) is 32.2 Å². The molecule has 0 unspecified atom stereocenters. The molecule has 1 rings (SSSR count). The van der Waals surface area contributed by atoms with Gasteiger partial charge in [0.2, 0.25) is 5.91 Å². The standard InChI is InChI=1S/C8H4Br2N2O/c9-5-1-4(3-11)7(10)6(2-5)8(12)13/h1-2H,(H2,12,13). The molecule has 0 fully saturated rings. The number of carbonyl (C=O) groups is 1. The number of amides is 1. The second-order valence-electron chi connectivity index (χ2n) is 2.29. The molecule has 0 aliphatic carbocycles. The summed E-state index contributed by atoms with van der Waals surface area (Å²) in [4.78, 5) is 10.9. The van der Waals surface area contributed by atoms with E-state index in [1.807, 2.05) is 6.07 Å². The van der Waals surface area contributed by atoms with Crippen LogP contribution in [-0.4, -0.2) is 5.91 Å². The van der Waals surface area contributed by atoms with Crippen LogP contribution in [0.2, 0.25) is 0 Å². The van der Waals surface area contributed by atoms with Gasteiger partial charge in [0.1, 0.15) is 6.07 Å². The summed E-state index contributed by atoms with van der Waals surface area (Å²) in [5.74, 6) is -0.565. The number of hydrogen-bond donors (Lipinski definition) is 1. The Labute approximate surface area is 91.8 Å². The van der Waals surface area contributed by atoms with Gasteiger partial charge in [-0.25, -0.2) is 0 Å². The first-order valence-electron chi connectivity index (χ1n) is 3.25. The lowest BCUT2D eigenvalue weighted by Gasteiger charge is -2.02. The molecule has 0 atom stereocenters. The number of rotatable bonds is 1. The summed E-state index contributed by atoms with van der Waals surface area (Å²) in [6.45, 7) is 0. The van der Waals surface area contributed by atoms with Crippen LogP contribution in [0.25, 0.3) is 0 Å². The Balaban J connectivity index is 3.47. The number of nitrogens with two attached hydrogens (primary N) is 1. The number of nitrogens with zero attached hydrogens (tertiary/aromatic N) is 1. The third-order valence-corrected chi connectivity index (χ3v) is 2.74. The molecule has 1 aromatic carbocycles. The van der Waals surface area contributed by atoms with Gasteiger partial charge in [-0.1, -0.05) is 15.9 Å². The predicted octanol–water partition coefficient (Wildman–Crippen LogP) is 2.18. The number of primary amides is 1. The lowest BCUT2D eigenvalue weighted by atomic mass is 10.1. The monoisotopic (exact) mass is 302 g/mol. The molecule has 2 N–H and O–H groups in total. The van der Waals surface area contributed by atoms with E-state index in [2.05, 4.69) is 31.9 Å². The Bertz CT molecular complexity index is 409. The summed E-state index contributed by atoms with van der Waals surface area (Å²) in [6, 6.07) is 5.12. The molecule has 0 heterocycles. The highest BCUT2D eigenvalue weighted by Gasteiger charge is 2.11. The lowest BCUT2D eigenvalue weighted by Crippen LogP contribution is -2.12. The van der Waals surface area contributed by atoms with Crippen LogP contribution in [0.5, 0.6) is 0 Å². The van der Waals surface area contributed by atoms with Crippen molar-refractivity contribution < 1.29 is 4.79 Å². The van der Waals surface area contributed by atoms with Gasteiger partial charge < -0.3 is 5.73 Å². The van der Waals surface area contributed by atoms with Crippen LogP contribution in [0.4, 0.5) is 0 Å². The largest absolute Gasteiger partial charge is 0.366 e. The lowest BCUT2D eigenvalue weighted by molar-refractivity contribution is 0.0999. The molecule has 0 radical (unpaired) electrons. The molecule has 0 aliphatic rings. The van der Waals surface area contributed by atoms with E-state index in [0.29, 0.717) is 20.1 Å². The van der Waals surface area contributed by atoms with Gasteiger partial charge in [-0.2, -0.15) is 5.26 Å². The number of halogens is 2. The molecule has 0 saturated carbocycles. The van der Waals surface area contributed by atoms with Crippen LogP contribution in [-0.2, 0) is 0 Å². The molecule has 1 amide bonds. The van der Waals surface area contributed by atoms with Crippen molar-refractivity contribution in [2.45, 2.75) is 0 Å². The smallest absolute Gasteiger partial charge is 0.249 e. The van der Waals surface area contributed by atoms with Crippen molar-refractivity contribution >= 4 is 37.8 Å². The van der Waals surface area contributed by atoms with Gasteiger partial charge in [0.15, 0.2) is 0 Å². The van der Waals surface area contributed by atoms with Gasteiger partial charge in [0, 0.05) is 8.95 Å². The average molecular weight is 304 g/mol. The molecule has 3 nitrogen and oxygen atoms in total. The third kappa shape index (κ3) is 2.08. The van der Waals surface area contributed by atoms with Gasteiger partial charge in [-0.05, 0) is 28.1 Å². The number of carbonyl (C=O) groups excluding carboxylic acids is 1. The highest BCUT2D eigenvalue weighted by Crippen LogP contribution is 2.25. The zero-order chi connectivity index (χ0) is 10.0. The van der Waals surface area contributed by atoms with Crippen molar-refractivity contribution in [2.75, 3.05) is 0 Å². The van der Waals surface area contributed by atoms with Gasteiger partial charge in [0.25, 0.3) is 0 Å². The van der Waals surface area contributed by atoms with E-state index in [1.165, 1.54) is 0 Å². The molecule has 66 valence electrons. The Hall–Kier alpha value is -0.860. The number of nitriles is 1. The summed E-state index contributed by atoms with van der Waals surface area (Å²) < 4.78 is 1.09. The second kappa shape index (κ2) is 3.90. The van der Waals surface area contributed by atoms with Gasteiger partial charge in [-0.15, -0.1) is 0 Å². The van der Waals surface area contributed by atoms with Crippen LogP contribution in [0, 0.1) is 11.3 Å². The first kappa shape index (κ1) is 10.2. The van der Waals surface area contributed by atoms with E-state index < -0.39 is 5.91 Å². The fourth-order valence-electron chi connectivity index (χ4n) is 0.850. The first-order chi connectivity index (χ1) is 6.06. The SMILES string of the molecule is N#Cc1cc(Br)cc(C(N)=O)c1Br. The maximum Gasteiger partial charge on any atom is 0.249 e. The third-order valence-electron chi connectivity index (χ3n) is 1.42. The van der Waals surface area contributed by atoms with Crippen molar-refractivity contribution in [1.82, 2.24) is 0 Å². The highest BCUT2D eigenvalue weighted by molar-refractivity contribution is 9.11. The molecule has 0 spiro atoms. The number of benzene rings is 1. The van der Waals surface area contributed by atoms with E-state index in [0.717, 1.165) is 0 Å². The van der Waals surface area contributed by atoms with Crippen molar-refractivity contribution in [2.24, 2.45) is 5.73 Å². The van der Waals surface area contributed by atoms with E-state index >= 15 is 0 Å². The van der Waals surface area contributed by atoms with Gasteiger partial charge in [0.05, 0.1) is 11.1 Å². The average Bonchev–Trinajstić information content (AvgIpc) is 2.08. The molecular formula is C8H4Br2N2O. The highest BCUT2D eigenvalue weighted by atomic mass is 79.9. The minimum Gasteiger partial charge on any atom is -0.366 e. The van der Waals surface area contributed by atoms with E-state index in [9.17, 15) is 4.79 Å². The van der Waals surface area contributed by atoms with Crippen molar-refractivity contribution in [3.8, 4) is 6.07 Å². The van der Waals surface area contributed by atoms with Gasteiger partial charge in [-0.3, -0.25) is 4.79 Å². The molecule has 0 bridgehead atoms. The summed E-state index contributed by atoms with van der Waals surface area (Å²) in [6.07, 6.45) is 0. The Morgan fingerprint density at radius 3 is 2.54 bits per heavy atom. The molecule has 13 heavy (non-hydrogen) atoms. The molecular weight excluding hydrogens is 300 g/mol. The summed E-state index contributed by atoms with van der Waals surface area (Å²) >= 11 is 6.31. The zero-order valence-corrected chi connectivity index (χ0v) is 9.52. The topological polar surface area (TPSA) is 66.9 Å². The predicted molar refractivity (Wildman–Crippen MR) is 55.1 cm³/mol. The second-order valence-corrected chi connectivity index (χ2v) is 4.00. The molecule has 0 saturated heterocycles. The zero-order valence-electron chi connectivity index (χ0n) is 6.34. The van der Waals surface area contributed by atoms with Gasteiger partial charge >= 0.3 is 0 Å². The Morgan fingerprint density at radius 2 is 2.08 bits per heavy atom. The van der Waals surface area contributed by atoms with Crippen LogP contribution < -0.4 is 5.73 Å². The van der Waals surface area contributed by atoms with Crippen molar-refractivity contribution in [1.29, 1.82) is 5.26 Å². The fourth-order valence-corrected chi connectivity index (χ4v) is 1.82. The van der Waals surface area contributed by atoms with Crippen LogP contribution >= 0.6 is 31.9 Å². The Morgan fingerprint density at radius 1 is 1.46 bits per heavy atom. The van der Waals surface area contributed by atoms with Crippen LogP contribution in [0.1, 0.15) is 15.9 Å². The quantitative estimate of drug-likeness (QED) is 0.864. The molecule has 0 aliphatic heterocycles.